The zero-order valence-corrected chi connectivity index (χ0v) is 12.2. The van der Waals surface area contributed by atoms with Crippen LogP contribution in [0.4, 0.5) is 0 Å². The zero-order valence-electron chi connectivity index (χ0n) is 10.7. The third kappa shape index (κ3) is 4.66. The molecule has 0 aromatic heterocycles. The van der Waals surface area contributed by atoms with Crippen molar-refractivity contribution in [2.75, 3.05) is 20.3 Å². The van der Waals surface area contributed by atoms with Crippen molar-refractivity contribution in [3.8, 4) is 5.75 Å². The summed E-state index contributed by atoms with van der Waals surface area (Å²) in [5.41, 5.74) is 1.02. The fourth-order valence-electron chi connectivity index (χ4n) is 1.44. The maximum atomic E-state index is 11.1. The Bertz CT molecular complexity index is 396. The first-order valence-corrected chi connectivity index (χ1v) is 6.66. The first kappa shape index (κ1) is 15.0. The maximum absolute atomic E-state index is 11.1. The van der Waals surface area contributed by atoms with Gasteiger partial charge in [-0.3, -0.25) is 0 Å². The summed E-state index contributed by atoms with van der Waals surface area (Å²) in [6.45, 7) is 3.69. The highest BCUT2D eigenvalue weighted by atomic mass is 79.9. The van der Waals surface area contributed by atoms with E-state index < -0.39 is 5.97 Å². The molecule has 18 heavy (non-hydrogen) atoms. The maximum Gasteiger partial charge on any atom is 0.343 e. The van der Waals surface area contributed by atoms with E-state index in [1.54, 1.807) is 0 Å². The van der Waals surface area contributed by atoms with Gasteiger partial charge in [0.2, 0.25) is 0 Å². The lowest BCUT2D eigenvalue weighted by molar-refractivity contribution is -0.142. The van der Waals surface area contributed by atoms with Crippen molar-refractivity contribution in [3.05, 3.63) is 28.2 Å². The Kier molecular flexibility index (Phi) is 6.75. The van der Waals surface area contributed by atoms with Crippen molar-refractivity contribution in [2.24, 2.45) is 0 Å². The second-order valence-corrected chi connectivity index (χ2v) is 4.62. The lowest BCUT2D eigenvalue weighted by atomic mass is 10.2. The summed E-state index contributed by atoms with van der Waals surface area (Å²) in [4.78, 5) is 11.1. The number of hydrogen-bond acceptors (Lipinski definition) is 4. The number of methoxy groups -OCH3 is 1. The van der Waals surface area contributed by atoms with E-state index in [2.05, 4.69) is 32.9 Å². The van der Waals surface area contributed by atoms with Gasteiger partial charge in [-0.1, -0.05) is 19.1 Å². The van der Waals surface area contributed by atoms with E-state index in [4.69, 9.17) is 4.74 Å². The van der Waals surface area contributed by atoms with Gasteiger partial charge in [-0.2, -0.15) is 0 Å². The molecule has 4 nitrogen and oxygen atoms in total. The molecule has 0 saturated heterocycles. The highest BCUT2D eigenvalue weighted by Gasteiger charge is 2.10. The van der Waals surface area contributed by atoms with Crippen molar-refractivity contribution in [3.63, 3.8) is 0 Å². The van der Waals surface area contributed by atoms with Gasteiger partial charge in [-0.25, -0.2) is 4.79 Å². The Balaban J connectivity index is 2.70. The summed E-state index contributed by atoms with van der Waals surface area (Å²) in [6.07, 6.45) is 1.08. The molecule has 5 heteroatoms. The molecule has 1 rings (SSSR count). The highest BCUT2D eigenvalue weighted by molar-refractivity contribution is 9.10. The number of nitrogens with one attached hydrogen (secondary N) is 1. The van der Waals surface area contributed by atoms with Crippen LogP contribution in [-0.2, 0) is 16.1 Å². The van der Waals surface area contributed by atoms with Crippen molar-refractivity contribution in [1.29, 1.82) is 0 Å². The Morgan fingerprint density at radius 1 is 1.44 bits per heavy atom. The van der Waals surface area contributed by atoms with Crippen LogP contribution >= 0.6 is 15.9 Å². The third-order valence-electron chi connectivity index (χ3n) is 2.35. The number of rotatable bonds is 7. The normalized spacial score (nSPS) is 10.2. The zero-order chi connectivity index (χ0) is 13.4. The van der Waals surface area contributed by atoms with Gasteiger partial charge in [0.15, 0.2) is 6.61 Å². The fraction of sp³-hybridized carbons (Fsp3) is 0.462. The van der Waals surface area contributed by atoms with Gasteiger partial charge < -0.3 is 14.8 Å². The Morgan fingerprint density at radius 3 is 2.89 bits per heavy atom. The van der Waals surface area contributed by atoms with Crippen LogP contribution in [0.1, 0.15) is 18.9 Å². The molecular formula is C13H18BrNO3. The third-order valence-corrected chi connectivity index (χ3v) is 2.98. The molecule has 0 atom stereocenters. The minimum absolute atomic E-state index is 0.0834. The predicted octanol–water partition coefficient (Wildman–Crippen LogP) is 2.50. The standard InChI is InChI=1S/C13H18BrNO3/c1-3-7-15-8-10-5-4-6-11(14)13(10)18-9-12(16)17-2/h4-6,15H,3,7-9H2,1-2H3. The molecule has 0 aliphatic carbocycles. The van der Waals surface area contributed by atoms with E-state index in [0.717, 1.165) is 23.0 Å². The lowest BCUT2D eigenvalue weighted by Gasteiger charge is -2.13. The Hall–Kier alpha value is -1.07. The summed E-state index contributed by atoms with van der Waals surface area (Å²) in [7, 11) is 1.34. The van der Waals surface area contributed by atoms with Crippen molar-refractivity contribution < 1.29 is 14.3 Å². The summed E-state index contributed by atoms with van der Waals surface area (Å²) >= 11 is 3.42. The van der Waals surface area contributed by atoms with E-state index in [9.17, 15) is 4.79 Å². The van der Waals surface area contributed by atoms with Crippen LogP contribution in [0.5, 0.6) is 5.75 Å². The highest BCUT2D eigenvalue weighted by Crippen LogP contribution is 2.29. The van der Waals surface area contributed by atoms with Crippen LogP contribution < -0.4 is 10.1 Å². The Labute approximate surface area is 116 Å². The van der Waals surface area contributed by atoms with E-state index in [0.29, 0.717) is 12.3 Å². The minimum atomic E-state index is -0.391. The molecule has 1 aromatic carbocycles. The number of benzene rings is 1. The van der Waals surface area contributed by atoms with Gasteiger partial charge in [-0.15, -0.1) is 0 Å². The second-order valence-electron chi connectivity index (χ2n) is 3.77. The molecule has 0 heterocycles. The molecule has 1 N–H and O–H groups in total. The summed E-state index contributed by atoms with van der Waals surface area (Å²) in [6, 6.07) is 5.80. The van der Waals surface area contributed by atoms with Crippen LogP contribution in [0.3, 0.4) is 0 Å². The number of halogens is 1. The van der Waals surface area contributed by atoms with Gasteiger partial charge in [0, 0.05) is 12.1 Å². The molecule has 0 fully saturated rings. The van der Waals surface area contributed by atoms with Gasteiger partial charge in [0.05, 0.1) is 11.6 Å². The average Bonchev–Trinajstić information content (AvgIpc) is 2.38. The molecule has 0 saturated carbocycles. The molecule has 0 radical (unpaired) electrons. The summed E-state index contributed by atoms with van der Waals surface area (Å²) < 4.78 is 10.9. The SMILES string of the molecule is CCCNCc1cccc(Br)c1OCC(=O)OC. The van der Waals surface area contributed by atoms with Gasteiger partial charge in [-0.05, 0) is 35.0 Å². The lowest BCUT2D eigenvalue weighted by Crippen LogP contribution is -2.17. The number of hydrogen-bond donors (Lipinski definition) is 1. The van der Waals surface area contributed by atoms with Crippen LogP contribution in [0.2, 0.25) is 0 Å². The molecule has 1 aromatic rings. The first-order valence-electron chi connectivity index (χ1n) is 5.86. The number of ether oxygens (including phenoxy) is 2. The van der Waals surface area contributed by atoms with Crippen molar-refractivity contribution in [1.82, 2.24) is 5.32 Å². The first-order chi connectivity index (χ1) is 8.69. The van der Waals surface area contributed by atoms with Crippen molar-refractivity contribution in [2.45, 2.75) is 19.9 Å². The fourth-order valence-corrected chi connectivity index (χ4v) is 1.97. The monoisotopic (exact) mass is 315 g/mol. The van der Waals surface area contributed by atoms with E-state index in [1.807, 2.05) is 18.2 Å². The van der Waals surface area contributed by atoms with E-state index in [-0.39, 0.29) is 6.61 Å². The smallest absolute Gasteiger partial charge is 0.343 e. The average molecular weight is 316 g/mol. The number of carbonyl (C=O) groups excluding carboxylic acids is 1. The molecule has 0 aliphatic heterocycles. The van der Waals surface area contributed by atoms with Crippen LogP contribution in [0, 0.1) is 0 Å². The van der Waals surface area contributed by atoms with Crippen molar-refractivity contribution >= 4 is 21.9 Å². The van der Waals surface area contributed by atoms with Crippen LogP contribution in [0.15, 0.2) is 22.7 Å². The predicted molar refractivity (Wildman–Crippen MR) is 73.7 cm³/mol. The summed E-state index contributed by atoms with van der Waals surface area (Å²) in [5, 5.41) is 3.30. The molecule has 0 amide bonds. The van der Waals surface area contributed by atoms with Gasteiger partial charge >= 0.3 is 5.97 Å². The second kappa shape index (κ2) is 8.11. The van der Waals surface area contributed by atoms with Gasteiger partial charge in [0.1, 0.15) is 5.75 Å². The van der Waals surface area contributed by atoms with E-state index >= 15 is 0 Å². The molecular weight excluding hydrogens is 298 g/mol. The molecule has 0 aliphatic rings. The Morgan fingerprint density at radius 2 is 2.22 bits per heavy atom. The minimum Gasteiger partial charge on any atom is -0.480 e. The molecule has 0 bridgehead atoms. The quantitative estimate of drug-likeness (QED) is 0.620. The van der Waals surface area contributed by atoms with Gasteiger partial charge in [0.25, 0.3) is 0 Å². The number of para-hydroxylation sites is 1. The summed E-state index contributed by atoms with van der Waals surface area (Å²) in [5.74, 6) is 0.296. The largest absolute Gasteiger partial charge is 0.480 e. The molecule has 0 unspecified atom stereocenters. The number of esters is 1. The number of carbonyl (C=O) groups is 1. The van der Waals surface area contributed by atoms with Crippen LogP contribution in [-0.4, -0.2) is 26.2 Å². The molecule has 100 valence electrons. The van der Waals surface area contributed by atoms with E-state index in [1.165, 1.54) is 7.11 Å². The van der Waals surface area contributed by atoms with Crippen LogP contribution in [0.25, 0.3) is 0 Å². The topological polar surface area (TPSA) is 47.6 Å². The molecule has 0 spiro atoms.